The quantitative estimate of drug-likeness (QED) is 0.583. The molecular weight excluding hydrogens is 204 g/mol. The summed E-state index contributed by atoms with van der Waals surface area (Å²) in [6, 6.07) is 0. The van der Waals surface area contributed by atoms with Gasteiger partial charge in [-0.05, 0) is 0 Å². The largest absolute Gasteiger partial charge is 0.384 e. The molecule has 0 amide bonds. The molecule has 0 fully saturated rings. The Hall–Kier alpha value is -1.34. The van der Waals surface area contributed by atoms with Crippen LogP contribution in [0.5, 0.6) is 0 Å². The fourth-order valence-electron chi connectivity index (χ4n) is 0.864. The lowest BCUT2D eigenvalue weighted by molar-refractivity contribution is 0.584. The minimum atomic E-state index is -3.29. The molecule has 0 aliphatic heterocycles. The molecule has 0 radical (unpaired) electrons. The lowest BCUT2D eigenvalue weighted by Gasteiger charge is -2.02. The van der Waals surface area contributed by atoms with Gasteiger partial charge in [0.15, 0.2) is 0 Å². The maximum Gasteiger partial charge on any atom is 0.215 e. The van der Waals surface area contributed by atoms with Crippen LogP contribution in [0.3, 0.4) is 0 Å². The van der Waals surface area contributed by atoms with Gasteiger partial charge in [0, 0.05) is 12.1 Å². The SMILES string of the molecule is C=CCS(=O)(=O)NCc1cn[nH]c1N. The number of nitrogen functional groups attached to an aromatic ring is 1. The van der Waals surface area contributed by atoms with E-state index in [0.29, 0.717) is 11.4 Å². The molecule has 1 aromatic rings. The smallest absolute Gasteiger partial charge is 0.215 e. The highest BCUT2D eigenvalue weighted by Gasteiger charge is 2.08. The summed E-state index contributed by atoms with van der Waals surface area (Å²) in [5, 5.41) is 6.17. The van der Waals surface area contributed by atoms with Gasteiger partial charge in [-0.1, -0.05) is 6.08 Å². The number of aromatic nitrogens is 2. The molecule has 1 heterocycles. The Morgan fingerprint density at radius 2 is 2.43 bits per heavy atom. The van der Waals surface area contributed by atoms with E-state index in [1.807, 2.05) is 0 Å². The van der Waals surface area contributed by atoms with Crippen molar-refractivity contribution in [2.45, 2.75) is 6.54 Å². The Morgan fingerprint density at radius 3 is 2.93 bits per heavy atom. The van der Waals surface area contributed by atoms with Crippen LogP contribution in [0.2, 0.25) is 0 Å². The Morgan fingerprint density at radius 1 is 1.71 bits per heavy atom. The van der Waals surface area contributed by atoms with E-state index in [1.54, 1.807) is 0 Å². The van der Waals surface area contributed by atoms with Crippen molar-refractivity contribution in [3.8, 4) is 0 Å². The predicted octanol–water partition coefficient (Wildman–Crippen LogP) is -0.403. The summed E-state index contributed by atoms with van der Waals surface area (Å²) in [7, 11) is -3.29. The van der Waals surface area contributed by atoms with E-state index in [0.717, 1.165) is 0 Å². The molecule has 1 rings (SSSR count). The summed E-state index contributed by atoms with van der Waals surface area (Å²) < 4.78 is 24.7. The molecule has 0 saturated heterocycles. The van der Waals surface area contributed by atoms with E-state index in [9.17, 15) is 8.42 Å². The van der Waals surface area contributed by atoms with Gasteiger partial charge in [-0.2, -0.15) is 5.10 Å². The molecule has 0 bridgehead atoms. The number of anilines is 1. The summed E-state index contributed by atoms with van der Waals surface area (Å²) in [5.74, 6) is 0.261. The number of rotatable bonds is 5. The highest BCUT2D eigenvalue weighted by molar-refractivity contribution is 7.89. The van der Waals surface area contributed by atoms with E-state index in [2.05, 4.69) is 21.5 Å². The lowest BCUT2D eigenvalue weighted by atomic mass is 10.3. The van der Waals surface area contributed by atoms with Gasteiger partial charge in [0.2, 0.25) is 10.0 Å². The maximum atomic E-state index is 11.2. The molecule has 6 nitrogen and oxygen atoms in total. The van der Waals surface area contributed by atoms with E-state index >= 15 is 0 Å². The van der Waals surface area contributed by atoms with Crippen LogP contribution in [0, 0.1) is 0 Å². The third-order valence-corrected chi connectivity index (χ3v) is 2.83. The van der Waals surface area contributed by atoms with Crippen LogP contribution in [0.4, 0.5) is 5.82 Å². The van der Waals surface area contributed by atoms with Crippen LogP contribution >= 0.6 is 0 Å². The van der Waals surface area contributed by atoms with E-state index in [1.165, 1.54) is 12.3 Å². The van der Waals surface area contributed by atoms with Crippen molar-refractivity contribution in [3.63, 3.8) is 0 Å². The van der Waals surface area contributed by atoms with Crippen molar-refractivity contribution in [2.24, 2.45) is 0 Å². The second kappa shape index (κ2) is 4.25. The molecule has 4 N–H and O–H groups in total. The molecule has 78 valence electrons. The van der Waals surface area contributed by atoms with Crippen molar-refractivity contribution >= 4 is 15.8 Å². The van der Waals surface area contributed by atoms with Gasteiger partial charge in [-0.3, -0.25) is 5.10 Å². The Balaban J connectivity index is 2.57. The van der Waals surface area contributed by atoms with Gasteiger partial charge in [0.1, 0.15) is 5.82 Å². The van der Waals surface area contributed by atoms with Crippen molar-refractivity contribution in [3.05, 3.63) is 24.4 Å². The van der Waals surface area contributed by atoms with Crippen molar-refractivity contribution in [1.29, 1.82) is 0 Å². The highest BCUT2D eigenvalue weighted by atomic mass is 32.2. The second-order valence-electron chi connectivity index (χ2n) is 2.70. The first-order valence-electron chi connectivity index (χ1n) is 3.91. The zero-order chi connectivity index (χ0) is 10.6. The number of nitrogens with zero attached hydrogens (tertiary/aromatic N) is 1. The molecule has 7 heteroatoms. The van der Waals surface area contributed by atoms with Crippen LogP contribution < -0.4 is 10.5 Å². The van der Waals surface area contributed by atoms with Gasteiger partial charge >= 0.3 is 0 Å². The zero-order valence-corrected chi connectivity index (χ0v) is 8.34. The first kappa shape index (κ1) is 10.7. The monoisotopic (exact) mass is 216 g/mol. The first-order valence-corrected chi connectivity index (χ1v) is 5.56. The van der Waals surface area contributed by atoms with Crippen molar-refractivity contribution in [1.82, 2.24) is 14.9 Å². The summed E-state index contributed by atoms with van der Waals surface area (Å²) in [5.41, 5.74) is 6.09. The van der Waals surface area contributed by atoms with Crippen LogP contribution in [-0.4, -0.2) is 24.4 Å². The zero-order valence-electron chi connectivity index (χ0n) is 7.53. The topological polar surface area (TPSA) is 101 Å². The number of aromatic amines is 1. The van der Waals surface area contributed by atoms with Gasteiger partial charge < -0.3 is 5.73 Å². The maximum absolute atomic E-state index is 11.2. The molecule has 0 saturated carbocycles. The van der Waals surface area contributed by atoms with Crippen LogP contribution in [0.15, 0.2) is 18.9 Å². The summed E-state index contributed by atoms with van der Waals surface area (Å²) in [6.07, 6.45) is 2.80. The molecule has 0 atom stereocenters. The van der Waals surface area contributed by atoms with Gasteiger partial charge in [0.25, 0.3) is 0 Å². The molecule has 0 aliphatic rings. The number of H-pyrrole nitrogens is 1. The molecule has 0 aliphatic carbocycles. The fourth-order valence-corrected chi connectivity index (χ4v) is 1.67. The standard InChI is InChI=1S/C7H12N4O2S/c1-2-3-14(12,13)10-5-6-4-9-11-7(6)8/h2,4,10H,1,3,5H2,(H3,8,9,11). The average Bonchev–Trinajstić information content (AvgIpc) is 2.48. The molecule has 0 aromatic carbocycles. The molecule has 1 aromatic heterocycles. The number of hydrogen-bond acceptors (Lipinski definition) is 4. The van der Waals surface area contributed by atoms with Crippen LogP contribution in [0.25, 0.3) is 0 Å². The lowest BCUT2D eigenvalue weighted by Crippen LogP contribution is -2.25. The summed E-state index contributed by atoms with van der Waals surface area (Å²) in [6.45, 7) is 3.48. The van der Waals surface area contributed by atoms with Gasteiger partial charge in [0.05, 0.1) is 11.9 Å². The first-order chi connectivity index (χ1) is 6.55. The average molecular weight is 216 g/mol. The number of sulfonamides is 1. The minimum Gasteiger partial charge on any atom is -0.384 e. The Labute approximate surface area is 82.2 Å². The van der Waals surface area contributed by atoms with Crippen molar-refractivity contribution < 1.29 is 8.42 Å². The van der Waals surface area contributed by atoms with Crippen molar-refractivity contribution in [2.75, 3.05) is 11.5 Å². The minimum absolute atomic E-state index is 0.106. The third kappa shape index (κ3) is 2.86. The predicted molar refractivity (Wildman–Crippen MR) is 53.8 cm³/mol. The molecule has 0 unspecified atom stereocenters. The van der Waals surface area contributed by atoms with Crippen LogP contribution in [0.1, 0.15) is 5.56 Å². The Kier molecular flexibility index (Phi) is 3.26. The van der Waals surface area contributed by atoms with Crippen LogP contribution in [-0.2, 0) is 16.6 Å². The van der Waals surface area contributed by atoms with E-state index in [4.69, 9.17) is 5.73 Å². The summed E-state index contributed by atoms with van der Waals surface area (Å²) in [4.78, 5) is 0. The van der Waals surface area contributed by atoms with Gasteiger partial charge in [-0.15, -0.1) is 6.58 Å². The molecule has 14 heavy (non-hydrogen) atoms. The number of nitrogens with one attached hydrogen (secondary N) is 2. The molecular formula is C7H12N4O2S. The summed E-state index contributed by atoms with van der Waals surface area (Å²) >= 11 is 0. The van der Waals surface area contributed by atoms with E-state index in [-0.39, 0.29) is 12.3 Å². The third-order valence-electron chi connectivity index (χ3n) is 1.57. The normalized spacial score (nSPS) is 11.4. The van der Waals surface area contributed by atoms with E-state index < -0.39 is 10.0 Å². The second-order valence-corrected chi connectivity index (χ2v) is 4.55. The Bertz CT molecular complexity index is 409. The number of hydrogen-bond donors (Lipinski definition) is 3. The molecule has 0 spiro atoms. The highest BCUT2D eigenvalue weighted by Crippen LogP contribution is 2.05. The fraction of sp³-hybridized carbons (Fsp3) is 0.286. The number of nitrogens with two attached hydrogens (primary N) is 1. The van der Waals surface area contributed by atoms with Gasteiger partial charge in [-0.25, -0.2) is 13.1 Å².